The predicted octanol–water partition coefficient (Wildman–Crippen LogP) is -1.04. The average Bonchev–Trinajstić information content (AvgIpc) is 2.02. The van der Waals surface area contributed by atoms with E-state index in [-0.39, 0.29) is 6.61 Å². The Labute approximate surface area is 75.8 Å². The maximum Gasteiger partial charge on any atom is 0.0698 e. The second-order valence-corrected chi connectivity index (χ2v) is 3.92. The summed E-state index contributed by atoms with van der Waals surface area (Å²) in [6.45, 7) is 2.56. The molecule has 4 nitrogen and oxygen atoms in total. The standard InChI is InChI=1S/C7H17NO3S/c1-12(10)7-3-8-2-5-11-6-4-9/h8-9H,2-7H2,1H3. The van der Waals surface area contributed by atoms with Crippen LogP contribution in [-0.4, -0.2) is 54.2 Å². The van der Waals surface area contributed by atoms with E-state index < -0.39 is 10.8 Å². The summed E-state index contributed by atoms with van der Waals surface area (Å²) in [6, 6.07) is 0. The average molecular weight is 195 g/mol. The van der Waals surface area contributed by atoms with E-state index in [0.29, 0.717) is 19.0 Å². The molecule has 2 N–H and O–H groups in total. The summed E-state index contributed by atoms with van der Waals surface area (Å²) in [7, 11) is -0.718. The van der Waals surface area contributed by atoms with Gasteiger partial charge in [-0.25, -0.2) is 0 Å². The van der Waals surface area contributed by atoms with E-state index in [0.717, 1.165) is 13.1 Å². The van der Waals surface area contributed by atoms with Crippen LogP contribution in [0.3, 0.4) is 0 Å². The predicted molar refractivity (Wildman–Crippen MR) is 49.7 cm³/mol. The molecule has 0 aromatic rings. The van der Waals surface area contributed by atoms with Gasteiger partial charge in [0.25, 0.3) is 0 Å². The molecular formula is C7H17NO3S. The van der Waals surface area contributed by atoms with Gasteiger partial charge in [0.15, 0.2) is 0 Å². The van der Waals surface area contributed by atoms with Crippen LogP contribution in [-0.2, 0) is 15.5 Å². The van der Waals surface area contributed by atoms with Crippen molar-refractivity contribution >= 4 is 10.8 Å². The zero-order valence-electron chi connectivity index (χ0n) is 7.41. The number of rotatable bonds is 8. The van der Waals surface area contributed by atoms with Crippen LogP contribution in [0.15, 0.2) is 0 Å². The SMILES string of the molecule is CS(=O)CCNCCOCCO. The number of nitrogens with one attached hydrogen (secondary N) is 1. The highest BCUT2D eigenvalue weighted by Crippen LogP contribution is 1.73. The van der Waals surface area contributed by atoms with Crippen molar-refractivity contribution in [1.29, 1.82) is 0 Å². The van der Waals surface area contributed by atoms with Crippen LogP contribution in [0.5, 0.6) is 0 Å². The minimum absolute atomic E-state index is 0.0684. The fourth-order valence-electron chi connectivity index (χ4n) is 0.652. The topological polar surface area (TPSA) is 58.6 Å². The van der Waals surface area contributed by atoms with Crippen molar-refractivity contribution < 1.29 is 14.1 Å². The van der Waals surface area contributed by atoms with Gasteiger partial charge in [0.2, 0.25) is 0 Å². The van der Waals surface area contributed by atoms with Gasteiger partial charge in [0, 0.05) is 35.9 Å². The Morgan fingerprint density at radius 1 is 1.42 bits per heavy atom. The summed E-state index contributed by atoms with van der Waals surface area (Å²) in [6.07, 6.45) is 1.68. The Morgan fingerprint density at radius 2 is 2.17 bits per heavy atom. The Morgan fingerprint density at radius 3 is 2.75 bits per heavy atom. The summed E-state index contributed by atoms with van der Waals surface area (Å²) in [4.78, 5) is 0. The highest BCUT2D eigenvalue weighted by Gasteiger charge is 1.90. The van der Waals surface area contributed by atoms with Crippen molar-refractivity contribution in [2.45, 2.75) is 0 Å². The van der Waals surface area contributed by atoms with E-state index in [2.05, 4.69) is 5.32 Å². The smallest absolute Gasteiger partial charge is 0.0698 e. The Bertz CT molecular complexity index is 121. The van der Waals surface area contributed by atoms with Crippen molar-refractivity contribution in [3.63, 3.8) is 0 Å². The van der Waals surface area contributed by atoms with Crippen molar-refractivity contribution in [2.75, 3.05) is 44.9 Å². The lowest BCUT2D eigenvalue weighted by atomic mass is 10.6. The molecule has 0 heterocycles. The molecule has 1 unspecified atom stereocenters. The molecule has 0 saturated heterocycles. The minimum atomic E-state index is -0.718. The third-order valence-corrected chi connectivity index (χ3v) is 2.00. The third kappa shape index (κ3) is 10.0. The first-order valence-electron chi connectivity index (χ1n) is 3.96. The molecule has 74 valence electrons. The molecule has 0 aromatic carbocycles. The number of aliphatic hydroxyl groups excluding tert-OH is 1. The summed E-state index contributed by atoms with van der Waals surface area (Å²) >= 11 is 0. The van der Waals surface area contributed by atoms with Crippen LogP contribution in [0.4, 0.5) is 0 Å². The minimum Gasteiger partial charge on any atom is -0.394 e. The molecule has 0 saturated carbocycles. The highest BCUT2D eigenvalue weighted by atomic mass is 32.2. The summed E-state index contributed by atoms with van der Waals surface area (Å²) in [5, 5.41) is 11.4. The Hall–Kier alpha value is 0.0300. The fourth-order valence-corrected chi connectivity index (χ4v) is 1.08. The summed E-state index contributed by atoms with van der Waals surface area (Å²) in [5.74, 6) is 0.681. The molecule has 12 heavy (non-hydrogen) atoms. The molecule has 0 rings (SSSR count). The normalized spacial score (nSPS) is 13.2. The van der Waals surface area contributed by atoms with E-state index in [9.17, 15) is 4.21 Å². The quantitative estimate of drug-likeness (QED) is 0.486. The molecule has 0 aliphatic rings. The monoisotopic (exact) mass is 195 g/mol. The third-order valence-electron chi connectivity index (χ3n) is 1.23. The van der Waals surface area contributed by atoms with Crippen molar-refractivity contribution in [2.24, 2.45) is 0 Å². The molecular weight excluding hydrogens is 178 g/mol. The number of hydrogen-bond donors (Lipinski definition) is 2. The number of ether oxygens (including phenoxy) is 1. The van der Waals surface area contributed by atoms with Gasteiger partial charge in [-0.2, -0.15) is 0 Å². The molecule has 0 spiro atoms. The number of aliphatic hydroxyl groups is 1. The van der Waals surface area contributed by atoms with E-state index in [1.54, 1.807) is 6.26 Å². The maximum atomic E-state index is 10.6. The van der Waals surface area contributed by atoms with Gasteiger partial charge in [0.05, 0.1) is 19.8 Å². The zero-order valence-corrected chi connectivity index (χ0v) is 8.23. The first-order chi connectivity index (χ1) is 5.77. The first-order valence-corrected chi connectivity index (χ1v) is 5.69. The molecule has 0 aromatic heterocycles. The largest absolute Gasteiger partial charge is 0.394 e. The van der Waals surface area contributed by atoms with Gasteiger partial charge in [-0.15, -0.1) is 0 Å². The van der Waals surface area contributed by atoms with Crippen molar-refractivity contribution in [3.05, 3.63) is 0 Å². The van der Waals surface area contributed by atoms with E-state index in [1.165, 1.54) is 0 Å². The zero-order chi connectivity index (χ0) is 9.23. The molecule has 0 bridgehead atoms. The second-order valence-electron chi connectivity index (χ2n) is 2.36. The Kier molecular flexibility index (Phi) is 9.14. The molecule has 0 radical (unpaired) electrons. The Balaban J connectivity index is 2.86. The van der Waals surface area contributed by atoms with Crippen LogP contribution in [0, 0.1) is 0 Å². The summed E-state index contributed by atoms with van der Waals surface area (Å²) < 4.78 is 15.6. The maximum absolute atomic E-state index is 10.6. The van der Waals surface area contributed by atoms with Crippen LogP contribution >= 0.6 is 0 Å². The van der Waals surface area contributed by atoms with Crippen LogP contribution < -0.4 is 5.32 Å². The van der Waals surface area contributed by atoms with Crippen LogP contribution in [0.2, 0.25) is 0 Å². The van der Waals surface area contributed by atoms with Gasteiger partial charge >= 0.3 is 0 Å². The lowest BCUT2D eigenvalue weighted by Gasteiger charge is -2.03. The van der Waals surface area contributed by atoms with Gasteiger partial charge < -0.3 is 15.2 Å². The molecule has 0 aliphatic heterocycles. The first kappa shape index (κ1) is 12.0. The fraction of sp³-hybridized carbons (Fsp3) is 1.00. The summed E-state index contributed by atoms with van der Waals surface area (Å²) in [5.41, 5.74) is 0. The van der Waals surface area contributed by atoms with E-state index in [4.69, 9.17) is 9.84 Å². The molecule has 5 heteroatoms. The number of hydrogen-bond acceptors (Lipinski definition) is 4. The van der Waals surface area contributed by atoms with E-state index >= 15 is 0 Å². The van der Waals surface area contributed by atoms with Gasteiger partial charge in [-0.1, -0.05) is 0 Å². The highest BCUT2D eigenvalue weighted by molar-refractivity contribution is 7.84. The second kappa shape index (κ2) is 9.12. The van der Waals surface area contributed by atoms with Crippen molar-refractivity contribution in [3.8, 4) is 0 Å². The van der Waals surface area contributed by atoms with E-state index in [1.807, 2.05) is 0 Å². The molecule has 1 atom stereocenters. The molecule has 0 aliphatic carbocycles. The molecule has 0 amide bonds. The van der Waals surface area contributed by atoms with Crippen LogP contribution in [0.1, 0.15) is 0 Å². The van der Waals surface area contributed by atoms with Gasteiger partial charge in [0.1, 0.15) is 0 Å². The van der Waals surface area contributed by atoms with Gasteiger partial charge in [-0.3, -0.25) is 4.21 Å². The lowest BCUT2D eigenvalue weighted by molar-refractivity contribution is 0.0942. The van der Waals surface area contributed by atoms with Crippen molar-refractivity contribution in [1.82, 2.24) is 5.32 Å². The molecule has 0 fully saturated rings. The van der Waals surface area contributed by atoms with Gasteiger partial charge in [-0.05, 0) is 0 Å². The van der Waals surface area contributed by atoms with Crippen LogP contribution in [0.25, 0.3) is 0 Å². The lowest BCUT2D eigenvalue weighted by Crippen LogP contribution is -2.24.